The zero-order valence-electron chi connectivity index (χ0n) is 16.1. The van der Waals surface area contributed by atoms with Crippen LogP contribution in [0.2, 0.25) is 0 Å². The fraction of sp³-hybridized carbons (Fsp3) is 0.500. The molecule has 0 bridgehead atoms. The molecule has 1 N–H and O–H groups in total. The van der Waals surface area contributed by atoms with E-state index >= 15 is 0 Å². The summed E-state index contributed by atoms with van der Waals surface area (Å²) in [7, 11) is 1.92. The first-order chi connectivity index (χ1) is 13.0. The lowest BCUT2D eigenvalue weighted by Crippen LogP contribution is -2.31. The third-order valence-corrected chi connectivity index (χ3v) is 5.89. The average molecular weight is 387 g/mol. The van der Waals surface area contributed by atoms with Gasteiger partial charge in [-0.3, -0.25) is 9.69 Å². The van der Waals surface area contributed by atoms with Crippen molar-refractivity contribution < 1.29 is 9.53 Å². The normalized spacial score (nSPS) is 16.6. The van der Waals surface area contributed by atoms with Crippen LogP contribution in [0, 0.1) is 25.2 Å². The maximum atomic E-state index is 12.6. The molecule has 1 fully saturated rings. The Hall–Kier alpha value is -2.14. The van der Waals surface area contributed by atoms with Gasteiger partial charge in [-0.2, -0.15) is 5.26 Å². The number of anilines is 1. The molecule has 7 heteroatoms. The van der Waals surface area contributed by atoms with E-state index in [9.17, 15) is 10.1 Å². The number of hydrogen-bond donors (Lipinski definition) is 1. The Morgan fingerprint density at radius 1 is 1.52 bits per heavy atom. The van der Waals surface area contributed by atoms with E-state index in [0.717, 1.165) is 37.3 Å². The Balaban J connectivity index is 1.73. The number of nitrogens with one attached hydrogen (secondary N) is 1. The number of thiophene rings is 1. The van der Waals surface area contributed by atoms with Gasteiger partial charge in [-0.1, -0.05) is 6.07 Å². The molecular weight excluding hydrogens is 360 g/mol. The zero-order valence-corrected chi connectivity index (χ0v) is 16.9. The van der Waals surface area contributed by atoms with E-state index in [1.165, 1.54) is 4.88 Å². The predicted octanol–water partition coefficient (Wildman–Crippen LogP) is 3.29. The van der Waals surface area contributed by atoms with Gasteiger partial charge >= 0.3 is 0 Å². The Morgan fingerprint density at radius 3 is 2.96 bits per heavy atom. The van der Waals surface area contributed by atoms with Crippen LogP contribution in [-0.2, 0) is 22.6 Å². The van der Waals surface area contributed by atoms with Gasteiger partial charge in [0.1, 0.15) is 11.9 Å². The number of amides is 1. The molecule has 144 valence electrons. The summed E-state index contributed by atoms with van der Waals surface area (Å²) in [5.74, 6) is 0.481. The minimum Gasteiger partial charge on any atom is -0.376 e. The molecule has 0 aromatic carbocycles. The van der Waals surface area contributed by atoms with E-state index in [2.05, 4.69) is 17.5 Å². The summed E-state index contributed by atoms with van der Waals surface area (Å²) in [5.41, 5.74) is 2.46. The minimum atomic E-state index is -0.114. The van der Waals surface area contributed by atoms with Crippen LogP contribution >= 0.6 is 11.3 Å². The van der Waals surface area contributed by atoms with E-state index in [-0.39, 0.29) is 18.6 Å². The van der Waals surface area contributed by atoms with Gasteiger partial charge in [-0.15, -0.1) is 11.3 Å². The van der Waals surface area contributed by atoms with Gasteiger partial charge in [0.2, 0.25) is 5.91 Å². The molecule has 2 aromatic heterocycles. The lowest BCUT2D eigenvalue weighted by Gasteiger charge is -2.19. The van der Waals surface area contributed by atoms with Crippen molar-refractivity contribution in [2.75, 3.05) is 25.5 Å². The van der Waals surface area contributed by atoms with Crippen LogP contribution in [0.5, 0.6) is 0 Å². The fourth-order valence-electron chi connectivity index (χ4n) is 3.49. The van der Waals surface area contributed by atoms with E-state index in [1.807, 2.05) is 41.8 Å². The quantitative estimate of drug-likeness (QED) is 0.793. The van der Waals surface area contributed by atoms with Crippen molar-refractivity contribution in [2.45, 2.75) is 45.9 Å². The highest BCUT2D eigenvalue weighted by molar-refractivity contribution is 7.09. The van der Waals surface area contributed by atoms with Crippen molar-refractivity contribution in [1.82, 2.24) is 9.47 Å². The summed E-state index contributed by atoms with van der Waals surface area (Å²) in [5, 5.41) is 14.6. The van der Waals surface area contributed by atoms with Gasteiger partial charge in [0.25, 0.3) is 0 Å². The van der Waals surface area contributed by atoms with Crippen molar-refractivity contribution in [1.29, 1.82) is 5.26 Å². The highest BCUT2D eigenvalue weighted by Gasteiger charge is 2.24. The molecule has 2 aromatic rings. The van der Waals surface area contributed by atoms with Crippen LogP contribution in [0.1, 0.15) is 34.5 Å². The monoisotopic (exact) mass is 386 g/mol. The second-order valence-corrected chi connectivity index (χ2v) is 8.12. The SMILES string of the molecule is Cc1c(C#N)c(NC(=O)CN(C)Cc2cccs2)n(C[C@@H]2CCCO2)c1C. The number of aromatic nitrogens is 1. The largest absolute Gasteiger partial charge is 0.376 e. The lowest BCUT2D eigenvalue weighted by atomic mass is 10.2. The molecule has 27 heavy (non-hydrogen) atoms. The van der Waals surface area contributed by atoms with Crippen LogP contribution in [0.25, 0.3) is 0 Å². The number of carbonyl (C=O) groups excluding carboxylic acids is 1. The summed E-state index contributed by atoms with van der Waals surface area (Å²) in [6.45, 7) is 6.36. The maximum absolute atomic E-state index is 12.6. The van der Waals surface area contributed by atoms with Gasteiger partial charge in [0.15, 0.2) is 0 Å². The molecule has 0 saturated carbocycles. The standard InChI is InChI=1S/C20H26N4O2S/c1-14-15(2)24(11-16-6-4-8-26-16)20(18(14)10-21)22-19(25)13-23(3)12-17-7-5-9-27-17/h5,7,9,16H,4,6,8,11-13H2,1-3H3,(H,22,25)/t16-/m0/s1. The molecular formula is C20H26N4O2S. The fourth-order valence-corrected chi connectivity index (χ4v) is 4.28. The maximum Gasteiger partial charge on any atom is 0.239 e. The summed E-state index contributed by atoms with van der Waals surface area (Å²) >= 11 is 1.68. The zero-order chi connectivity index (χ0) is 19.4. The molecule has 1 aliphatic heterocycles. The number of ether oxygens (including phenoxy) is 1. The number of nitrogens with zero attached hydrogens (tertiary/aromatic N) is 3. The Morgan fingerprint density at radius 2 is 2.33 bits per heavy atom. The smallest absolute Gasteiger partial charge is 0.239 e. The van der Waals surface area contributed by atoms with Crippen LogP contribution in [0.4, 0.5) is 5.82 Å². The number of likely N-dealkylation sites (N-methyl/N-ethyl adjacent to an activating group) is 1. The average Bonchev–Trinajstić information content (AvgIpc) is 3.35. The molecule has 3 rings (SSSR count). The van der Waals surface area contributed by atoms with Crippen molar-refractivity contribution in [2.24, 2.45) is 0 Å². The molecule has 1 saturated heterocycles. The molecule has 1 amide bonds. The van der Waals surface area contributed by atoms with E-state index in [4.69, 9.17) is 4.74 Å². The summed E-state index contributed by atoms with van der Waals surface area (Å²) in [6, 6.07) is 6.33. The molecule has 3 heterocycles. The molecule has 0 unspecified atom stereocenters. The predicted molar refractivity (Wildman–Crippen MR) is 107 cm³/mol. The highest BCUT2D eigenvalue weighted by atomic mass is 32.1. The Labute approximate surface area is 164 Å². The highest BCUT2D eigenvalue weighted by Crippen LogP contribution is 2.28. The van der Waals surface area contributed by atoms with E-state index < -0.39 is 0 Å². The van der Waals surface area contributed by atoms with Gasteiger partial charge in [0, 0.05) is 23.7 Å². The summed E-state index contributed by atoms with van der Waals surface area (Å²) < 4.78 is 7.78. The van der Waals surface area contributed by atoms with Crippen molar-refractivity contribution in [3.63, 3.8) is 0 Å². The first kappa shape index (κ1) is 19.6. The van der Waals surface area contributed by atoms with E-state index in [0.29, 0.717) is 17.9 Å². The Kier molecular flexibility index (Phi) is 6.32. The third kappa shape index (κ3) is 4.59. The second kappa shape index (κ2) is 8.70. The van der Waals surface area contributed by atoms with Gasteiger partial charge in [-0.25, -0.2) is 0 Å². The first-order valence-corrected chi connectivity index (χ1v) is 10.1. The molecule has 0 spiro atoms. The number of hydrogen-bond acceptors (Lipinski definition) is 5. The summed E-state index contributed by atoms with van der Waals surface area (Å²) in [6.07, 6.45) is 2.21. The number of rotatable bonds is 7. The summed E-state index contributed by atoms with van der Waals surface area (Å²) in [4.78, 5) is 15.8. The van der Waals surface area contributed by atoms with Crippen LogP contribution in [0.15, 0.2) is 17.5 Å². The third-order valence-electron chi connectivity index (χ3n) is 5.03. The van der Waals surface area contributed by atoms with E-state index in [1.54, 1.807) is 11.3 Å². The second-order valence-electron chi connectivity index (χ2n) is 7.09. The van der Waals surface area contributed by atoms with Gasteiger partial charge in [-0.05, 0) is 50.7 Å². The van der Waals surface area contributed by atoms with Crippen molar-refractivity contribution in [3.05, 3.63) is 39.2 Å². The van der Waals surface area contributed by atoms with Crippen molar-refractivity contribution in [3.8, 4) is 6.07 Å². The molecule has 0 radical (unpaired) electrons. The topological polar surface area (TPSA) is 70.3 Å². The van der Waals surface area contributed by atoms with Crippen molar-refractivity contribution >= 4 is 23.1 Å². The van der Waals surface area contributed by atoms with Gasteiger partial charge < -0.3 is 14.6 Å². The van der Waals surface area contributed by atoms with Crippen LogP contribution < -0.4 is 5.32 Å². The molecule has 0 aliphatic carbocycles. The van der Waals surface area contributed by atoms with Crippen LogP contribution in [-0.4, -0.2) is 41.7 Å². The first-order valence-electron chi connectivity index (χ1n) is 9.21. The minimum absolute atomic E-state index is 0.114. The molecule has 6 nitrogen and oxygen atoms in total. The number of nitriles is 1. The Bertz CT molecular complexity index is 829. The lowest BCUT2D eigenvalue weighted by molar-refractivity contribution is -0.117. The molecule has 1 aliphatic rings. The molecule has 1 atom stereocenters. The van der Waals surface area contributed by atoms with Gasteiger partial charge in [0.05, 0.1) is 24.8 Å². The number of carbonyl (C=O) groups is 1. The van der Waals surface area contributed by atoms with Crippen LogP contribution in [0.3, 0.4) is 0 Å².